The molecule has 156 valence electrons. The van der Waals surface area contributed by atoms with E-state index in [1.54, 1.807) is 38.1 Å². The van der Waals surface area contributed by atoms with Crippen molar-refractivity contribution in [2.45, 2.75) is 44.6 Å². The van der Waals surface area contributed by atoms with Crippen LogP contribution in [0.1, 0.15) is 42.3 Å². The fourth-order valence-corrected chi connectivity index (χ4v) is 4.44. The molecule has 1 aliphatic rings. The second kappa shape index (κ2) is 8.89. The number of ether oxygens (including phenoxy) is 1. The van der Waals surface area contributed by atoms with E-state index in [1.807, 2.05) is 6.07 Å². The van der Waals surface area contributed by atoms with Crippen LogP contribution in [0.25, 0.3) is 12.2 Å². The van der Waals surface area contributed by atoms with E-state index in [-0.39, 0.29) is 23.5 Å². The zero-order chi connectivity index (χ0) is 21.0. The third kappa shape index (κ3) is 5.31. The first-order valence-corrected chi connectivity index (χ1v) is 10.9. The van der Waals surface area contributed by atoms with E-state index in [4.69, 9.17) is 9.26 Å². The van der Waals surface area contributed by atoms with Crippen molar-refractivity contribution in [3.8, 4) is 0 Å². The normalized spacial score (nSPS) is 17.1. The Balaban J connectivity index is 1.80. The molecule has 0 radical (unpaired) electrons. The topological polar surface area (TPSA) is 111 Å². The van der Waals surface area contributed by atoms with Gasteiger partial charge in [0.05, 0.1) is 11.0 Å². The van der Waals surface area contributed by atoms with Gasteiger partial charge in [0.15, 0.2) is 5.76 Å². The molecule has 1 saturated heterocycles. The molecule has 1 aromatic heterocycles. The van der Waals surface area contributed by atoms with Crippen LogP contribution in [0.5, 0.6) is 0 Å². The summed E-state index contributed by atoms with van der Waals surface area (Å²) in [5.41, 5.74) is 2.38. The Morgan fingerprint density at radius 3 is 2.79 bits per heavy atom. The molecule has 1 aromatic carbocycles. The van der Waals surface area contributed by atoms with Crippen LogP contribution < -0.4 is 10.0 Å². The first-order chi connectivity index (χ1) is 13.8. The molecule has 0 aliphatic carbocycles. The van der Waals surface area contributed by atoms with Gasteiger partial charge in [-0.1, -0.05) is 23.4 Å². The lowest BCUT2D eigenvalue weighted by Gasteiger charge is -2.13. The predicted octanol–water partition coefficient (Wildman–Crippen LogP) is 2.88. The number of aryl methyl sites for hydroxylation is 2. The lowest BCUT2D eigenvalue weighted by Crippen LogP contribution is -2.32. The molecule has 1 aliphatic heterocycles. The van der Waals surface area contributed by atoms with Gasteiger partial charge >= 0.3 is 0 Å². The molecule has 2 N–H and O–H groups in total. The lowest BCUT2D eigenvalue weighted by atomic mass is 10.1. The van der Waals surface area contributed by atoms with Gasteiger partial charge in [-0.2, -0.15) is 0 Å². The van der Waals surface area contributed by atoms with E-state index in [0.29, 0.717) is 34.9 Å². The van der Waals surface area contributed by atoms with Crippen molar-refractivity contribution >= 4 is 33.8 Å². The number of aromatic nitrogens is 1. The highest BCUT2D eigenvalue weighted by Crippen LogP contribution is 2.24. The van der Waals surface area contributed by atoms with Gasteiger partial charge in [0.25, 0.3) is 0 Å². The van der Waals surface area contributed by atoms with Crippen LogP contribution in [0, 0.1) is 13.8 Å². The Labute approximate surface area is 170 Å². The van der Waals surface area contributed by atoms with Crippen molar-refractivity contribution in [3.05, 3.63) is 40.8 Å². The number of hydrogen-bond acceptors (Lipinski definition) is 6. The number of carbonyl (C=O) groups is 1. The SMILES string of the molecule is CC(=O)Nc1c(C)noc1C=Cc1ccc(C)c(S(=O)(=O)NCC2CCCO2)c1. The van der Waals surface area contributed by atoms with Crippen LogP contribution in [-0.4, -0.2) is 38.7 Å². The summed E-state index contributed by atoms with van der Waals surface area (Å²) < 4.78 is 38.9. The summed E-state index contributed by atoms with van der Waals surface area (Å²) in [6.07, 6.45) is 5.09. The minimum Gasteiger partial charge on any atom is -0.377 e. The molecule has 8 nitrogen and oxygen atoms in total. The first-order valence-electron chi connectivity index (χ1n) is 9.40. The quantitative estimate of drug-likeness (QED) is 0.714. The van der Waals surface area contributed by atoms with Crippen LogP contribution in [0.2, 0.25) is 0 Å². The Morgan fingerprint density at radius 1 is 1.31 bits per heavy atom. The monoisotopic (exact) mass is 419 g/mol. The molecule has 0 bridgehead atoms. The zero-order valence-electron chi connectivity index (χ0n) is 16.7. The van der Waals surface area contributed by atoms with Crippen LogP contribution in [-0.2, 0) is 19.6 Å². The molecule has 3 rings (SSSR count). The third-order valence-electron chi connectivity index (χ3n) is 4.64. The van der Waals surface area contributed by atoms with E-state index < -0.39 is 10.0 Å². The number of amides is 1. The number of hydrogen-bond donors (Lipinski definition) is 2. The van der Waals surface area contributed by atoms with E-state index in [9.17, 15) is 13.2 Å². The number of nitrogens with one attached hydrogen (secondary N) is 2. The van der Waals surface area contributed by atoms with Gasteiger partial charge in [0.1, 0.15) is 11.4 Å². The van der Waals surface area contributed by atoms with Gasteiger partial charge < -0.3 is 14.6 Å². The molecule has 29 heavy (non-hydrogen) atoms. The van der Waals surface area contributed by atoms with Crippen LogP contribution >= 0.6 is 0 Å². The molecule has 1 amide bonds. The lowest BCUT2D eigenvalue weighted by molar-refractivity contribution is -0.114. The largest absolute Gasteiger partial charge is 0.377 e. The summed E-state index contributed by atoms with van der Waals surface area (Å²) >= 11 is 0. The Hall–Kier alpha value is -2.49. The maximum absolute atomic E-state index is 12.7. The van der Waals surface area contributed by atoms with Crippen molar-refractivity contribution in [2.24, 2.45) is 0 Å². The highest BCUT2D eigenvalue weighted by atomic mass is 32.2. The smallest absolute Gasteiger partial charge is 0.240 e. The fourth-order valence-electron chi connectivity index (χ4n) is 3.10. The van der Waals surface area contributed by atoms with Crippen LogP contribution in [0.3, 0.4) is 0 Å². The van der Waals surface area contributed by atoms with Gasteiger partial charge in [-0.3, -0.25) is 4.79 Å². The minimum absolute atomic E-state index is 0.0740. The van der Waals surface area contributed by atoms with Gasteiger partial charge in [0, 0.05) is 20.1 Å². The molecule has 1 atom stereocenters. The Kier molecular flexibility index (Phi) is 6.51. The van der Waals surface area contributed by atoms with Crippen molar-refractivity contribution in [1.29, 1.82) is 0 Å². The summed E-state index contributed by atoms with van der Waals surface area (Å²) in [5.74, 6) is 0.158. The number of nitrogens with zero attached hydrogens (tertiary/aromatic N) is 1. The summed E-state index contributed by atoms with van der Waals surface area (Å²) in [7, 11) is -3.66. The van der Waals surface area contributed by atoms with Gasteiger partial charge in [-0.25, -0.2) is 13.1 Å². The average molecular weight is 420 g/mol. The number of benzene rings is 1. The third-order valence-corrected chi connectivity index (χ3v) is 6.21. The van der Waals surface area contributed by atoms with Crippen molar-refractivity contribution in [2.75, 3.05) is 18.5 Å². The van der Waals surface area contributed by atoms with Crippen molar-refractivity contribution in [1.82, 2.24) is 9.88 Å². The van der Waals surface area contributed by atoms with Crippen LogP contribution in [0.4, 0.5) is 5.69 Å². The zero-order valence-corrected chi connectivity index (χ0v) is 17.5. The molecule has 9 heteroatoms. The van der Waals surface area contributed by atoms with Crippen molar-refractivity contribution in [3.63, 3.8) is 0 Å². The van der Waals surface area contributed by atoms with Gasteiger partial charge in [-0.15, -0.1) is 0 Å². The summed E-state index contributed by atoms with van der Waals surface area (Å²) in [6.45, 7) is 5.82. The van der Waals surface area contributed by atoms with E-state index in [2.05, 4.69) is 15.2 Å². The molecule has 0 saturated carbocycles. The maximum Gasteiger partial charge on any atom is 0.240 e. The van der Waals surface area contributed by atoms with Gasteiger partial charge in [-0.05, 0) is 50.0 Å². The fraction of sp³-hybridized carbons (Fsp3) is 0.400. The summed E-state index contributed by atoms with van der Waals surface area (Å²) in [6, 6.07) is 5.16. The number of anilines is 1. The second-order valence-corrected chi connectivity index (χ2v) is 8.77. The van der Waals surface area contributed by atoms with E-state index in [0.717, 1.165) is 12.8 Å². The average Bonchev–Trinajstić information content (AvgIpc) is 3.30. The summed E-state index contributed by atoms with van der Waals surface area (Å²) in [5, 5.41) is 6.54. The molecule has 1 unspecified atom stereocenters. The molecular weight excluding hydrogens is 394 g/mol. The Morgan fingerprint density at radius 2 is 2.10 bits per heavy atom. The molecule has 0 spiro atoms. The van der Waals surface area contributed by atoms with Crippen LogP contribution in [0.15, 0.2) is 27.6 Å². The first kappa shape index (κ1) is 21.2. The second-order valence-electron chi connectivity index (χ2n) is 7.03. The Bertz CT molecular complexity index is 1020. The number of carbonyl (C=O) groups excluding carboxylic acids is 1. The standard InChI is InChI=1S/C20H25N3O5S/c1-13-6-7-16(8-9-18-20(22-15(3)24)14(2)23-28-18)11-19(13)29(25,26)21-12-17-5-4-10-27-17/h6-9,11,17,21H,4-5,10,12H2,1-3H3,(H,22,24). The predicted molar refractivity (Wildman–Crippen MR) is 110 cm³/mol. The van der Waals surface area contributed by atoms with E-state index in [1.165, 1.54) is 6.92 Å². The maximum atomic E-state index is 12.7. The molecule has 2 aromatic rings. The molecule has 1 fully saturated rings. The minimum atomic E-state index is -3.66. The number of rotatable bonds is 7. The summed E-state index contributed by atoms with van der Waals surface area (Å²) in [4.78, 5) is 11.6. The highest BCUT2D eigenvalue weighted by molar-refractivity contribution is 7.89. The van der Waals surface area contributed by atoms with Gasteiger partial charge in [0.2, 0.25) is 15.9 Å². The molecule has 2 heterocycles. The molecular formula is C20H25N3O5S. The number of sulfonamides is 1. The van der Waals surface area contributed by atoms with E-state index >= 15 is 0 Å². The highest BCUT2D eigenvalue weighted by Gasteiger charge is 2.21. The van der Waals surface area contributed by atoms with Crippen molar-refractivity contribution < 1.29 is 22.5 Å².